The summed E-state index contributed by atoms with van der Waals surface area (Å²) >= 11 is 0. The monoisotopic (exact) mass is 312 g/mol. The summed E-state index contributed by atoms with van der Waals surface area (Å²) in [5, 5.41) is 15.0. The van der Waals surface area contributed by atoms with Gasteiger partial charge in [-0.1, -0.05) is 18.2 Å². The first kappa shape index (κ1) is 14.3. The molecule has 2 aliphatic rings. The zero-order valence-electron chi connectivity index (χ0n) is 12.9. The molecule has 4 rings (SSSR count). The molecular formula is C16H20N6O. The molecule has 7 heteroatoms. The molecule has 2 fully saturated rings. The first-order chi connectivity index (χ1) is 11.3. The fourth-order valence-electron chi connectivity index (χ4n) is 3.16. The molecule has 7 nitrogen and oxygen atoms in total. The highest BCUT2D eigenvalue weighted by atomic mass is 16.2. The zero-order valence-corrected chi connectivity index (χ0v) is 12.9. The lowest BCUT2D eigenvalue weighted by Crippen LogP contribution is -2.39. The summed E-state index contributed by atoms with van der Waals surface area (Å²) in [5.41, 5.74) is 0.840. The number of aromatic nitrogens is 4. The summed E-state index contributed by atoms with van der Waals surface area (Å²) in [7, 11) is 0. The van der Waals surface area contributed by atoms with Crippen LogP contribution in [0.2, 0.25) is 0 Å². The third-order valence-corrected chi connectivity index (χ3v) is 4.51. The van der Waals surface area contributed by atoms with Gasteiger partial charge in [-0.05, 0) is 54.8 Å². The van der Waals surface area contributed by atoms with Crippen molar-refractivity contribution < 1.29 is 4.79 Å². The maximum atomic E-state index is 12.6. The van der Waals surface area contributed by atoms with E-state index >= 15 is 0 Å². The number of nitrogens with zero attached hydrogens (tertiary/aromatic N) is 5. The summed E-state index contributed by atoms with van der Waals surface area (Å²) < 4.78 is 1.92. The van der Waals surface area contributed by atoms with Crippen LogP contribution in [0.5, 0.6) is 0 Å². The number of hydrogen-bond donors (Lipinski definition) is 1. The molecule has 0 unspecified atom stereocenters. The summed E-state index contributed by atoms with van der Waals surface area (Å²) in [6.07, 6.45) is 4.20. The second-order valence-corrected chi connectivity index (χ2v) is 6.25. The van der Waals surface area contributed by atoms with Crippen LogP contribution >= 0.6 is 0 Å². The standard InChI is InChI=1S/C16H20N6O/c23-16(17-12-5-2-1-3-6-12)14-7-4-10-21(14)11-15-18-19-20-22(15)13-8-9-13/h1-3,5-6,13-14H,4,7-11H2,(H,17,23)/t14-/m1/s1. The topological polar surface area (TPSA) is 75.9 Å². The fourth-order valence-corrected chi connectivity index (χ4v) is 3.16. The van der Waals surface area contributed by atoms with Crippen LogP contribution in [-0.4, -0.2) is 43.6 Å². The van der Waals surface area contributed by atoms with Crippen LogP contribution in [0.3, 0.4) is 0 Å². The van der Waals surface area contributed by atoms with Gasteiger partial charge in [0.1, 0.15) is 0 Å². The van der Waals surface area contributed by atoms with Crippen molar-refractivity contribution in [2.45, 2.75) is 44.3 Å². The molecule has 1 saturated carbocycles. The Kier molecular flexibility index (Phi) is 3.78. The van der Waals surface area contributed by atoms with Crippen LogP contribution in [0.15, 0.2) is 30.3 Å². The van der Waals surface area contributed by atoms with Crippen molar-refractivity contribution in [1.82, 2.24) is 25.1 Å². The quantitative estimate of drug-likeness (QED) is 0.908. The third-order valence-electron chi connectivity index (χ3n) is 4.51. The molecular weight excluding hydrogens is 292 g/mol. The van der Waals surface area contributed by atoms with Crippen LogP contribution in [0.4, 0.5) is 5.69 Å². The number of carbonyl (C=O) groups excluding carboxylic acids is 1. The largest absolute Gasteiger partial charge is 0.325 e. The molecule has 1 amide bonds. The van der Waals surface area contributed by atoms with Gasteiger partial charge in [-0.15, -0.1) is 5.10 Å². The van der Waals surface area contributed by atoms with Crippen LogP contribution in [0.1, 0.15) is 37.5 Å². The summed E-state index contributed by atoms with van der Waals surface area (Å²) in [4.78, 5) is 14.8. The van der Waals surface area contributed by atoms with Gasteiger partial charge in [-0.25, -0.2) is 4.68 Å². The molecule has 0 radical (unpaired) electrons. The predicted molar refractivity (Wildman–Crippen MR) is 84.6 cm³/mol. The molecule has 1 aliphatic heterocycles. The van der Waals surface area contributed by atoms with E-state index in [-0.39, 0.29) is 11.9 Å². The molecule has 1 atom stereocenters. The Morgan fingerprint density at radius 3 is 2.83 bits per heavy atom. The van der Waals surface area contributed by atoms with Crippen molar-refractivity contribution in [3.63, 3.8) is 0 Å². The maximum Gasteiger partial charge on any atom is 0.241 e. The third kappa shape index (κ3) is 3.10. The SMILES string of the molecule is O=C(Nc1ccccc1)[C@H]1CCCN1Cc1nnnn1C1CC1. The Labute approximate surface area is 134 Å². The molecule has 1 saturated heterocycles. The molecule has 1 aromatic carbocycles. The van der Waals surface area contributed by atoms with E-state index < -0.39 is 0 Å². The highest BCUT2D eigenvalue weighted by Crippen LogP contribution is 2.35. The number of tetrazole rings is 1. The van der Waals surface area contributed by atoms with Gasteiger partial charge >= 0.3 is 0 Å². The van der Waals surface area contributed by atoms with Crippen molar-refractivity contribution in [2.24, 2.45) is 0 Å². The number of nitrogens with one attached hydrogen (secondary N) is 1. The minimum Gasteiger partial charge on any atom is -0.325 e. The lowest BCUT2D eigenvalue weighted by Gasteiger charge is -2.23. The first-order valence-corrected chi connectivity index (χ1v) is 8.18. The van der Waals surface area contributed by atoms with Crippen molar-refractivity contribution in [3.05, 3.63) is 36.2 Å². The average molecular weight is 312 g/mol. The van der Waals surface area contributed by atoms with E-state index in [1.165, 1.54) is 0 Å². The second-order valence-electron chi connectivity index (χ2n) is 6.25. The van der Waals surface area contributed by atoms with Crippen LogP contribution in [0.25, 0.3) is 0 Å². The number of carbonyl (C=O) groups is 1. The summed E-state index contributed by atoms with van der Waals surface area (Å²) in [6.45, 7) is 1.54. The van der Waals surface area contributed by atoms with Gasteiger partial charge in [0.2, 0.25) is 5.91 Å². The predicted octanol–water partition coefficient (Wildman–Crippen LogP) is 1.61. The molecule has 2 heterocycles. The van der Waals surface area contributed by atoms with Crippen LogP contribution in [0, 0.1) is 0 Å². The average Bonchev–Trinajstić information content (AvgIpc) is 3.12. The molecule has 1 aliphatic carbocycles. The number of anilines is 1. The summed E-state index contributed by atoms with van der Waals surface area (Å²) in [6, 6.07) is 9.95. The van der Waals surface area contributed by atoms with Gasteiger partial charge in [0.15, 0.2) is 5.82 Å². The van der Waals surface area contributed by atoms with Crippen molar-refractivity contribution in [1.29, 1.82) is 0 Å². The van der Waals surface area contributed by atoms with E-state index in [9.17, 15) is 4.79 Å². The second kappa shape index (κ2) is 6.08. The van der Waals surface area contributed by atoms with E-state index in [4.69, 9.17) is 0 Å². The number of rotatable bonds is 5. The highest BCUT2D eigenvalue weighted by molar-refractivity contribution is 5.94. The minimum atomic E-state index is -0.112. The molecule has 1 aromatic heterocycles. The van der Waals surface area contributed by atoms with Gasteiger partial charge in [0, 0.05) is 5.69 Å². The first-order valence-electron chi connectivity index (χ1n) is 8.18. The number of benzene rings is 1. The Morgan fingerprint density at radius 2 is 2.04 bits per heavy atom. The van der Waals surface area contributed by atoms with Gasteiger partial charge in [0.25, 0.3) is 0 Å². The molecule has 0 bridgehead atoms. The number of para-hydroxylation sites is 1. The Morgan fingerprint density at radius 1 is 1.22 bits per heavy atom. The number of likely N-dealkylation sites (tertiary alicyclic amines) is 1. The minimum absolute atomic E-state index is 0.0548. The van der Waals surface area contributed by atoms with E-state index in [2.05, 4.69) is 25.7 Å². The van der Waals surface area contributed by atoms with Crippen LogP contribution < -0.4 is 5.32 Å². The van der Waals surface area contributed by atoms with Crippen molar-refractivity contribution in [2.75, 3.05) is 11.9 Å². The Hall–Kier alpha value is -2.28. The smallest absolute Gasteiger partial charge is 0.241 e. The van der Waals surface area contributed by atoms with E-state index in [1.807, 2.05) is 35.0 Å². The number of hydrogen-bond acceptors (Lipinski definition) is 5. The fraction of sp³-hybridized carbons (Fsp3) is 0.500. The number of amides is 1. The normalized spacial score (nSPS) is 21.5. The van der Waals surface area contributed by atoms with Crippen LogP contribution in [-0.2, 0) is 11.3 Å². The molecule has 23 heavy (non-hydrogen) atoms. The van der Waals surface area contributed by atoms with Gasteiger partial charge in [-0.3, -0.25) is 9.69 Å². The lowest BCUT2D eigenvalue weighted by molar-refractivity contribution is -0.120. The molecule has 120 valence electrons. The molecule has 1 N–H and O–H groups in total. The molecule has 0 spiro atoms. The van der Waals surface area contributed by atoms with Gasteiger partial charge in [0.05, 0.1) is 18.6 Å². The van der Waals surface area contributed by atoms with Gasteiger partial charge < -0.3 is 5.32 Å². The van der Waals surface area contributed by atoms with E-state index in [0.29, 0.717) is 12.6 Å². The van der Waals surface area contributed by atoms with Gasteiger partial charge in [-0.2, -0.15) is 0 Å². The highest BCUT2D eigenvalue weighted by Gasteiger charge is 2.34. The molecule has 2 aromatic rings. The Balaban J connectivity index is 1.44. The van der Waals surface area contributed by atoms with E-state index in [1.54, 1.807) is 0 Å². The Bertz CT molecular complexity index is 681. The van der Waals surface area contributed by atoms with Crippen molar-refractivity contribution in [3.8, 4) is 0 Å². The maximum absolute atomic E-state index is 12.6. The lowest BCUT2D eigenvalue weighted by atomic mass is 10.2. The van der Waals surface area contributed by atoms with E-state index in [0.717, 1.165) is 43.7 Å². The van der Waals surface area contributed by atoms with Crippen molar-refractivity contribution >= 4 is 11.6 Å². The zero-order chi connectivity index (χ0) is 15.6. The summed E-state index contributed by atoms with van der Waals surface area (Å²) in [5.74, 6) is 0.922.